The van der Waals surface area contributed by atoms with Gasteiger partial charge < -0.3 is 15.0 Å². The van der Waals surface area contributed by atoms with Crippen LogP contribution in [0.4, 0.5) is 0 Å². The van der Waals surface area contributed by atoms with Crippen molar-refractivity contribution in [3.05, 3.63) is 30.3 Å². The molecule has 0 heterocycles. The number of rotatable bonds is 7. The van der Waals surface area contributed by atoms with E-state index < -0.39 is 0 Å². The minimum Gasteiger partial charge on any atom is -0.492 e. The summed E-state index contributed by atoms with van der Waals surface area (Å²) in [4.78, 5) is 2.39. The molecule has 1 aliphatic carbocycles. The van der Waals surface area contributed by atoms with Gasteiger partial charge in [-0.15, -0.1) is 0 Å². The Balaban J connectivity index is 1.66. The molecule has 3 heteroatoms. The molecule has 0 unspecified atom stereocenters. The van der Waals surface area contributed by atoms with Gasteiger partial charge in [0, 0.05) is 18.6 Å². The van der Waals surface area contributed by atoms with Crippen molar-refractivity contribution in [1.29, 1.82) is 0 Å². The summed E-state index contributed by atoms with van der Waals surface area (Å²) in [6.07, 6.45) is 5.35. The standard InChI is InChI=1S/C16H26N2O/c1-18(2)16(10-6-7-11-16)14-17-12-13-19-15-8-4-3-5-9-15/h3-5,8-9,17H,6-7,10-14H2,1-2H3. The maximum Gasteiger partial charge on any atom is 0.119 e. The lowest BCUT2D eigenvalue weighted by molar-refractivity contribution is 0.151. The molecule has 2 rings (SSSR count). The highest BCUT2D eigenvalue weighted by atomic mass is 16.5. The third kappa shape index (κ3) is 3.95. The second-order valence-corrected chi connectivity index (χ2v) is 5.66. The third-order valence-corrected chi connectivity index (χ3v) is 4.23. The zero-order valence-corrected chi connectivity index (χ0v) is 12.2. The molecule has 0 amide bonds. The molecule has 1 saturated carbocycles. The molecular formula is C16H26N2O. The van der Waals surface area contributed by atoms with E-state index >= 15 is 0 Å². The number of benzene rings is 1. The van der Waals surface area contributed by atoms with Crippen molar-refractivity contribution in [3.8, 4) is 5.75 Å². The van der Waals surface area contributed by atoms with Gasteiger partial charge in [0.1, 0.15) is 12.4 Å². The Morgan fingerprint density at radius 2 is 1.84 bits per heavy atom. The van der Waals surface area contributed by atoms with Gasteiger partial charge in [-0.3, -0.25) is 0 Å². The molecule has 1 N–H and O–H groups in total. The summed E-state index contributed by atoms with van der Waals surface area (Å²) in [6, 6.07) is 10.0. The van der Waals surface area contributed by atoms with Crippen LogP contribution in [0, 0.1) is 0 Å². The first-order chi connectivity index (χ1) is 9.23. The number of nitrogens with zero attached hydrogens (tertiary/aromatic N) is 1. The van der Waals surface area contributed by atoms with Crippen LogP contribution in [0.2, 0.25) is 0 Å². The van der Waals surface area contributed by atoms with Gasteiger partial charge in [0.2, 0.25) is 0 Å². The molecule has 0 aliphatic heterocycles. The van der Waals surface area contributed by atoms with Crippen molar-refractivity contribution in [2.45, 2.75) is 31.2 Å². The van der Waals surface area contributed by atoms with Gasteiger partial charge in [0.25, 0.3) is 0 Å². The van der Waals surface area contributed by atoms with Crippen LogP contribution in [0.25, 0.3) is 0 Å². The molecule has 3 nitrogen and oxygen atoms in total. The monoisotopic (exact) mass is 262 g/mol. The lowest BCUT2D eigenvalue weighted by Gasteiger charge is -2.36. The molecule has 1 aromatic carbocycles. The fraction of sp³-hybridized carbons (Fsp3) is 0.625. The topological polar surface area (TPSA) is 24.5 Å². The van der Waals surface area contributed by atoms with Crippen molar-refractivity contribution in [1.82, 2.24) is 10.2 Å². The highest BCUT2D eigenvalue weighted by Crippen LogP contribution is 2.32. The quantitative estimate of drug-likeness (QED) is 0.764. The molecule has 0 bridgehead atoms. The van der Waals surface area contributed by atoms with E-state index in [-0.39, 0.29) is 0 Å². The predicted molar refractivity (Wildman–Crippen MR) is 79.7 cm³/mol. The van der Waals surface area contributed by atoms with E-state index in [1.165, 1.54) is 25.7 Å². The average molecular weight is 262 g/mol. The van der Waals surface area contributed by atoms with Crippen LogP contribution < -0.4 is 10.1 Å². The molecule has 0 atom stereocenters. The molecule has 1 aliphatic rings. The van der Waals surface area contributed by atoms with Gasteiger partial charge in [-0.05, 0) is 39.1 Å². The summed E-state index contributed by atoms with van der Waals surface area (Å²) in [5, 5.41) is 3.55. The van der Waals surface area contributed by atoms with Gasteiger partial charge in [0.05, 0.1) is 0 Å². The SMILES string of the molecule is CN(C)C1(CNCCOc2ccccc2)CCCC1. The average Bonchev–Trinajstić information content (AvgIpc) is 2.90. The summed E-state index contributed by atoms with van der Waals surface area (Å²) in [5.41, 5.74) is 0.368. The van der Waals surface area contributed by atoms with Crippen LogP contribution in [0.1, 0.15) is 25.7 Å². The molecule has 0 radical (unpaired) electrons. The van der Waals surface area contributed by atoms with Crippen LogP contribution in [-0.2, 0) is 0 Å². The minimum absolute atomic E-state index is 0.368. The van der Waals surface area contributed by atoms with Crippen LogP contribution >= 0.6 is 0 Å². The predicted octanol–water partition coefficient (Wildman–Crippen LogP) is 2.53. The van der Waals surface area contributed by atoms with Gasteiger partial charge in [-0.1, -0.05) is 31.0 Å². The minimum atomic E-state index is 0.368. The summed E-state index contributed by atoms with van der Waals surface area (Å²) in [6.45, 7) is 2.70. The summed E-state index contributed by atoms with van der Waals surface area (Å²) in [7, 11) is 4.40. The molecular weight excluding hydrogens is 236 g/mol. The van der Waals surface area contributed by atoms with E-state index in [9.17, 15) is 0 Å². The van der Waals surface area contributed by atoms with Crippen molar-refractivity contribution < 1.29 is 4.74 Å². The zero-order valence-electron chi connectivity index (χ0n) is 12.2. The molecule has 1 fully saturated rings. The van der Waals surface area contributed by atoms with Gasteiger partial charge in [0.15, 0.2) is 0 Å². The van der Waals surface area contributed by atoms with Crippen molar-refractivity contribution in [2.75, 3.05) is 33.8 Å². The van der Waals surface area contributed by atoms with Crippen molar-refractivity contribution in [3.63, 3.8) is 0 Å². The molecule has 1 aromatic rings. The largest absolute Gasteiger partial charge is 0.492 e. The van der Waals surface area contributed by atoms with E-state index in [4.69, 9.17) is 4.74 Å². The van der Waals surface area contributed by atoms with E-state index in [0.29, 0.717) is 5.54 Å². The van der Waals surface area contributed by atoms with E-state index in [0.717, 1.165) is 25.4 Å². The van der Waals surface area contributed by atoms with Gasteiger partial charge in [-0.25, -0.2) is 0 Å². The Hall–Kier alpha value is -1.06. The lowest BCUT2D eigenvalue weighted by atomic mass is 9.96. The third-order valence-electron chi connectivity index (χ3n) is 4.23. The number of hydrogen-bond acceptors (Lipinski definition) is 3. The number of ether oxygens (including phenoxy) is 1. The first-order valence-electron chi connectivity index (χ1n) is 7.29. The second-order valence-electron chi connectivity index (χ2n) is 5.66. The van der Waals surface area contributed by atoms with Crippen LogP contribution in [-0.4, -0.2) is 44.2 Å². The number of nitrogens with one attached hydrogen (secondary N) is 1. The summed E-state index contributed by atoms with van der Waals surface area (Å²) < 4.78 is 5.69. The van der Waals surface area contributed by atoms with Crippen LogP contribution in [0.3, 0.4) is 0 Å². The van der Waals surface area contributed by atoms with E-state index in [1.807, 2.05) is 30.3 Å². The summed E-state index contributed by atoms with van der Waals surface area (Å²) in [5.74, 6) is 0.951. The van der Waals surface area contributed by atoms with Crippen molar-refractivity contribution >= 4 is 0 Å². The highest BCUT2D eigenvalue weighted by molar-refractivity contribution is 5.20. The molecule has 0 aromatic heterocycles. The first kappa shape index (κ1) is 14.4. The molecule has 0 spiro atoms. The first-order valence-corrected chi connectivity index (χ1v) is 7.29. The Morgan fingerprint density at radius 3 is 2.47 bits per heavy atom. The molecule has 0 saturated heterocycles. The zero-order chi connectivity index (χ0) is 13.6. The van der Waals surface area contributed by atoms with Gasteiger partial charge >= 0.3 is 0 Å². The Labute approximate surface area is 116 Å². The maximum atomic E-state index is 5.69. The second kappa shape index (κ2) is 6.92. The molecule has 106 valence electrons. The maximum absolute atomic E-state index is 5.69. The fourth-order valence-electron chi connectivity index (χ4n) is 2.89. The number of para-hydroxylation sites is 1. The number of likely N-dealkylation sites (N-methyl/N-ethyl adjacent to an activating group) is 1. The Bertz CT molecular complexity index is 358. The van der Waals surface area contributed by atoms with E-state index in [2.05, 4.69) is 24.3 Å². The Morgan fingerprint density at radius 1 is 1.16 bits per heavy atom. The van der Waals surface area contributed by atoms with Crippen LogP contribution in [0.5, 0.6) is 5.75 Å². The fourth-order valence-corrected chi connectivity index (χ4v) is 2.89. The Kier molecular flexibility index (Phi) is 5.23. The highest BCUT2D eigenvalue weighted by Gasteiger charge is 2.35. The van der Waals surface area contributed by atoms with Crippen LogP contribution in [0.15, 0.2) is 30.3 Å². The van der Waals surface area contributed by atoms with Crippen molar-refractivity contribution in [2.24, 2.45) is 0 Å². The molecule has 19 heavy (non-hydrogen) atoms. The smallest absolute Gasteiger partial charge is 0.119 e. The normalized spacial score (nSPS) is 17.8. The number of hydrogen-bond donors (Lipinski definition) is 1. The van der Waals surface area contributed by atoms with Gasteiger partial charge in [-0.2, -0.15) is 0 Å². The summed E-state index contributed by atoms with van der Waals surface area (Å²) >= 11 is 0. The van der Waals surface area contributed by atoms with E-state index in [1.54, 1.807) is 0 Å². The lowest BCUT2D eigenvalue weighted by Crippen LogP contribution is -2.50.